The first-order valence-electron chi connectivity index (χ1n) is 5.92. The van der Waals surface area contributed by atoms with Crippen LogP contribution in [0, 0.1) is 6.92 Å². The van der Waals surface area contributed by atoms with E-state index >= 15 is 0 Å². The van der Waals surface area contributed by atoms with Crippen molar-refractivity contribution in [3.63, 3.8) is 0 Å². The van der Waals surface area contributed by atoms with Crippen molar-refractivity contribution in [2.45, 2.75) is 11.8 Å². The summed E-state index contributed by atoms with van der Waals surface area (Å²) in [5.41, 5.74) is 2.42. The standard InChI is InChI=1S/C15H13Cl2NOS/c1-9-3-5-11(8-14(9)20-2)18-15(19)10-4-6-12(16)13(17)7-10/h3-8H,1-2H3,(H,18,19). The summed E-state index contributed by atoms with van der Waals surface area (Å²) >= 11 is 13.4. The summed E-state index contributed by atoms with van der Waals surface area (Å²) in [6.45, 7) is 2.04. The molecule has 0 spiro atoms. The van der Waals surface area contributed by atoms with Gasteiger partial charge in [-0.25, -0.2) is 0 Å². The van der Waals surface area contributed by atoms with E-state index in [1.807, 2.05) is 31.4 Å². The molecule has 20 heavy (non-hydrogen) atoms. The SMILES string of the molecule is CSc1cc(NC(=O)c2ccc(Cl)c(Cl)c2)ccc1C. The highest BCUT2D eigenvalue weighted by atomic mass is 35.5. The lowest BCUT2D eigenvalue weighted by Gasteiger charge is -2.09. The van der Waals surface area contributed by atoms with Crippen LogP contribution in [0.1, 0.15) is 15.9 Å². The Morgan fingerprint density at radius 1 is 1.10 bits per heavy atom. The average molecular weight is 326 g/mol. The largest absolute Gasteiger partial charge is 0.322 e. The summed E-state index contributed by atoms with van der Waals surface area (Å²) in [5.74, 6) is -0.209. The van der Waals surface area contributed by atoms with Crippen molar-refractivity contribution < 1.29 is 4.79 Å². The molecular formula is C15H13Cl2NOS. The van der Waals surface area contributed by atoms with Crippen LogP contribution in [0.3, 0.4) is 0 Å². The molecule has 0 heterocycles. The molecule has 0 aliphatic rings. The molecule has 0 bridgehead atoms. The monoisotopic (exact) mass is 325 g/mol. The number of anilines is 1. The zero-order valence-corrected chi connectivity index (χ0v) is 13.4. The van der Waals surface area contributed by atoms with Gasteiger partial charge < -0.3 is 5.32 Å². The van der Waals surface area contributed by atoms with Crippen molar-refractivity contribution in [3.05, 3.63) is 57.6 Å². The van der Waals surface area contributed by atoms with Crippen molar-refractivity contribution >= 4 is 46.6 Å². The van der Waals surface area contributed by atoms with Crippen molar-refractivity contribution in [1.82, 2.24) is 0 Å². The summed E-state index contributed by atoms with van der Waals surface area (Å²) in [6, 6.07) is 10.6. The Balaban J connectivity index is 2.21. The van der Waals surface area contributed by atoms with Gasteiger partial charge in [-0.05, 0) is 49.1 Å². The number of carbonyl (C=O) groups excluding carboxylic acids is 1. The van der Waals surface area contributed by atoms with Crippen LogP contribution < -0.4 is 5.32 Å². The molecule has 0 aromatic heterocycles. The quantitative estimate of drug-likeness (QED) is 0.778. The zero-order valence-electron chi connectivity index (χ0n) is 11.0. The molecule has 0 aliphatic carbocycles. The lowest BCUT2D eigenvalue weighted by Crippen LogP contribution is -2.11. The molecule has 0 saturated carbocycles. The van der Waals surface area contributed by atoms with E-state index in [9.17, 15) is 4.79 Å². The van der Waals surface area contributed by atoms with Gasteiger partial charge in [0.1, 0.15) is 0 Å². The fourth-order valence-corrected chi connectivity index (χ4v) is 2.67. The van der Waals surface area contributed by atoms with E-state index in [1.165, 1.54) is 5.56 Å². The predicted molar refractivity (Wildman–Crippen MR) is 87.4 cm³/mol. The Labute approximate surface area is 132 Å². The smallest absolute Gasteiger partial charge is 0.255 e. The van der Waals surface area contributed by atoms with E-state index in [1.54, 1.807) is 30.0 Å². The van der Waals surface area contributed by atoms with E-state index in [2.05, 4.69) is 5.32 Å². The zero-order chi connectivity index (χ0) is 14.7. The predicted octanol–water partition coefficient (Wildman–Crippen LogP) is 5.28. The lowest BCUT2D eigenvalue weighted by atomic mass is 10.2. The van der Waals surface area contributed by atoms with Gasteiger partial charge in [0.05, 0.1) is 10.0 Å². The normalized spacial score (nSPS) is 10.4. The topological polar surface area (TPSA) is 29.1 Å². The molecule has 0 atom stereocenters. The van der Waals surface area contributed by atoms with Crippen LogP contribution in [0.2, 0.25) is 10.0 Å². The fourth-order valence-electron chi connectivity index (χ4n) is 1.74. The van der Waals surface area contributed by atoms with Crippen LogP contribution in [0.4, 0.5) is 5.69 Å². The fraction of sp³-hybridized carbons (Fsp3) is 0.133. The molecule has 0 radical (unpaired) electrons. The first kappa shape index (κ1) is 15.2. The molecule has 2 aromatic carbocycles. The number of hydrogen-bond acceptors (Lipinski definition) is 2. The third-order valence-corrected chi connectivity index (χ3v) is 4.47. The van der Waals surface area contributed by atoms with E-state index < -0.39 is 0 Å². The van der Waals surface area contributed by atoms with Gasteiger partial charge in [0.25, 0.3) is 5.91 Å². The third-order valence-electron chi connectivity index (χ3n) is 2.85. The Morgan fingerprint density at radius 3 is 2.50 bits per heavy atom. The summed E-state index contributed by atoms with van der Waals surface area (Å²) in [5, 5.41) is 3.65. The number of thioether (sulfide) groups is 1. The van der Waals surface area contributed by atoms with Gasteiger partial charge >= 0.3 is 0 Å². The Hall–Kier alpha value is -1.16. The molecule has 0 fully saturated rings. The number of carbonyl (C=O) groups is 1. The molecule has 0 aliphatic heterocycles. The van der Waals surface area contributed by atoms with Gasteiger partial charge in [0, 0.05) is 16.1 Å². The maximum Gasteiger partial charge on any atom is 0.255 e. The molecule has 2 nitrogen and oxygen atoms in total. The number of benzene rings is 2. The minimum atomic E-state index is -0.209. The highest BCUT2D eigenvalue weighted by Gasteiger charge is 2.09. The van der Waals surface area contributed by atoms with Crippen LogP contribution in [0.25, 0.3) is 0 Å². The highest BCUT2D eigenvalue weighted by molar-refractivity contribution is 7.98. The molecule has 1 N–H and O–H groups in total. The molecule has 1 amide bonds. The molecule has 0 unspecified atom stereocenters. The third kappa shape index (κ3) is 3.48. The van der Waals surface area contributed by atoms with Crippen LogP contribution >= 0.6 is 35.0 Å². The first-order chi connectivity index (χ1) is 9.51. The van der Waals surface area contributed by atoms with Crippen molar-refractivity contribution in [3.8, 4) is 0 Å². The Kier molecular flexibility index (Phi) is 4.97. The summed E-state index contributed by atoms with van der Waals surface area (Å²) in [4.78, 5) is 13.3. The van der Waals surface area contributed by atoms with E-state index in [0.29, 0.717) is 15.6 Å². The number of halogens is 2. The van der Waals surface area contributed by atoms with Gasteiger partial charge in [0.2, 0.25) is 0 Å². The van der Waals surface area contributed by atoms with Gasteiger partial charge in [-0.1, -0.05) is 29.3 Å². The number of amides is 1. The Bertz CT molecular complexity index is 658. The number of nitrogens with one attached hydrogen (secondary N) is 1. The van der Waals surface area contributed by atoms with Crippen LogP contribution in [0.5, 0.6) is 0 Å². The second-order valence-corrected chi connectivity index (χ2v) is 5.93. The summed E-state index contributed by atoms with van der Waals surface area (Å²) in [6.07, 6.45) is 2.01. The maximum atomic E-state index is 12.1. The molecule has 104 valence electrons. The highest BCUT2D eigenvalue weighted by Crippen LogP contribution is 2.25. The van der Waals surface area contributed by atoms with E-state index in [0.717, 1.165) is 10.6 Å². The van der Waals surface area contributed by atoms with E-state index in [4.69, 9.17) is 23.2 Å². The number of aryl methyl sites for hydroxylation is 1. The van der Waals surface area contributed by atoms with Crippen LogP contribution in [0.15, 0.2) is 41.3 Å². The van der Waals surface area contributed by atoms with Crippen molar-refractivity contribution in [2.75, 3.05) is 11.6 Å². The summed E-state index contributed by atoms with van der Waals surface area (Å²) < 4.78 is 0. The van der Waals surface area contributed by atoms with Gasteiger partial charge in [-0.2, -0.15) is 0 Å². The minimum absolute atomic E-state index is 0.209. The molecule has 0 saturated heterocycles. The second-order valence-electron chi connectivity index (χ2n) is 4.27. The molecule has 5 heteroatoms. The summed E-state index contributed by atoms with van der Waals surface area (Å²) in [7, 11) is 0. The van der Waals surface area contributed by atoms with Gasteiger partial charge in [-0.3, -0.25) is 4.79 Å². The van der Waals surface area contributed by atoms with Crippen LogP contribution in [-0.2, 0) is 0 Å². The first-order valence-corrected chi connectivity index (χ1v) is 7.90. The van der Waals surface area contributed by atoms with Gasteiger partial charge in [0.15, 0.2) is 0 Å². The average Bonchev–Trinajstić information content (AvgIpc) is 2.43. The Morgan fingerprint density at radius 2 is 1.85 bits per heavy atom. The van der Waals surface area contributed by atoms with Crippen molar-refractivity contribution in [2.24, 2.45) is 0 Å². The molecule has 2 rings (SSSR count). The number of rotatable bonds is 3. The maximum absolute atomic E-state index is 12.1. The van der Waals surface area contributed by atoms with Crippen LogP contribution in [-0.4, -0.2) is 12.2 Å². The molecular weight excluding hydrogens is 313 g/mol. The number of hydrogen-bond donors (Lipinski definition) is 1. The minimum Gasteiger partial charge on any atom is -0.322 e. The second kappa shape index (κ2) is 6.53. The van der Waals surface area contributed by atoms with Gasteiger partial charge in [-0.15, -0.1) is 11.8 Å². The van der Waals surface area contributed by atoms with Crippen molar-refractivity contribution in [1.29, 1.82) is 0 Å². The molecule has 2 aromatic rings. The lowest BCUT2D eigenvalue weighted by molar-refractivity contribution is 0.102. The van der Waals surface area contributed by atoms with E-state index in [-0.39, 0.29) is 5.91 Å².